The predicted molar refractivity (Wildman–Crippen MR) is 100 cm³/mol. The van der Waals surface area contributed by atoms with Gasteiger partial charge in [-0.3, -0.25) is 10.1 Å². The Bertz CT molecular complexity index is 728. The minimum Gasteiger partial charge on any atom is -0.327 e. The lowest BCUT2D eigenvalue weighted by atomic mass is 9.97. The minimum atomic E-state index is 0.0326. The second-order valence-corrected chi connectivity index (χ2v) is 8.48. The number of amides is 1. The van der Waals surface area contributed by atoms with Crippen molar-refractivity contribution in [2.75, 3.05) is 30.7 Å². The minimum absolute atomic E-state index is 0.0326. The summed E-state index contributed by atoms with van der Waals surface area (Å²) >= 11 is 3.18. The maximum Gasteiger partial charge on any atom is 0.281 e. The summed E-state index contributed by atoms with van der Waals surface area (Å²) in [6.07, 6.45) is 2.21. The van der Waals surface area contributed by atoms with Gasteiger partial charge in [0.25, 0.3) is 5.91 Å². The van der Waals surface area contributed by atoms with Crippen LogP contribution >= 0.6 is 23.1 Å². The first-order valence-corrected chi connectivity index (χ1v) is 10.5. The first kappa shape index (κ1) is 18.3. The van der Waals surface area contributed by atoms with E-state index >= 15 is 0 Å². The molecule has 2 aromatic heterocycles. The molecule has 136 valence electrons. The van der Waals surface area contributed by atoms with Crippen LogP contribution in [0.2, 0.25) is 0 Å². The zero-order valence-corrected chi connectivity index (χ0v) is 16.5. The number of thiazole rings is 1. The topological polar surface area (TPSA) is 77.1 Å². The van der Waals surface area contributed by atoms with Gasteiger partial charge in [0.05, 0.1) is 24.7 Å². The van der Waals surface area contributed by atoms with Gasteiger partial charge in [0.2, 0.25) is 0 Å². The molecule has 0 saturated carbocycles. The van der Waals surface area contributed by atoms with E-state index in [1.54, 1.807) is 11.8 Å². The number of nitrogens with one attached hydrogen (secondary N) is 2. The van der Waals surface area contributed by atoms with Crippen LogP contribution in [-0.2, 0) is 11.8 Å². The first-order chi connectivity index (χ1) is 12.1. The average Bonchev–Trinajstić information content (AvgIpc) is 3.14. The Morgan fingerprint density at radius 3 is 3.08 bits per heavy atom. The number of rotatable bonds is 6. The number of nitrogens with zero attached hydrogens (tertiary/aromatic N) is 4. The van der Waals surface area contributed by atoms with Gasteiger partial charge in [-0.1, -0.05) is 18.7 Å². The number of hydrogen-bond acceptors (Lipinski definition) is 6. The van der Waals surface area contributed by atoms with E-state index in [1.807, 2.05) is 19.4 Å². The molecule has 9 heteroatoms. The lowest BCUT2D eigenvalue weighted by Gasteiger charge is -2.28. The Hall–Kier alpha value is -1.45. The van der Waals surface area contributed by atoms with Crippen molar-refractivity contribution in [2.45, 2.75) is 37.8 Å². The third kappa shape index (κ3) is 4.59. The highest BCUT2D eigenvalue weighted by molar-refractivity contribution is 7.99. The summed E-state index contributed by atoms with van der Waals surface area (Å²) in [5, 5.41) is 15.2. The van der Waals surface area contributed by atoms with Gasteiger partial charge in [-0.2, -0.15) is 0 Å². The van der Waals surface area contributed by atoms with E-state index in [-0.39, 0.29) is 5.91 Å². The molecule has 1 fully saturated rings. The summed E-state index contributed by atoms with van der Waals surface area (Å²) in [5.74, 6) is 2.43. The van der Waals surface area contributed by atoms with E-state index in [9.17, 15) is 4.79 Å². The molecule has 0 spiro atoms. The lowest BCUT2D eigenvalue weighted by Crippen LogP contribution is -3.14. The van der Waals surface area contributed by atoms with Crippen LogP contribution in [0.25, 0.3) is 0 Å². The van der Waals surface area contributed by atoms with Crippen molar-refractivity contribution in [3.63, 3.8) is 0 Å². The molecule has 3 heterocycles. The molecule has 0 aliphatic carbocycles. The molecule has 1 unspecified atom stereocenters. The molecule has 0 bridgehead atoms. The van der Waals surface area contributed by atoms with Gasteiger partial charge in [-0.25, -0.2) is 4.98 Å². The molecule has 3 rings (SSSR count). The maximum absolute atomic E-state index is 12.3. The predicted octanol–water partition coefficient (Wildman–Crippen LogP) is 1.09. The summed E-state index contributed by atoms with van der Waals surface area (Å²) in [6.45, 7) is 6.47. The fourth-order valence-corrected chi connectivity index (χ4v) is 4.62. The number of hydrogen-bond donors (Lipinski definition) is 2. The number of carbonyl (C=O) groups is 1. The van der Waals surface area contributed by atoms with Crippen LogP contribution in [0.15, 0.2) is 10.5 Å². The van der Waals surface area contributed by atoms with E-state index in [2.05, 4.69) is 32.0 Å². The fourth-order valence-electron chi connectivity index (χ4n) is 3.27. The largest absolute Gasteiger partial charge is 0.327 e. The van der Waals surface area contributed by atoms with Gasteiger partial charge in [-0.15, -0.1) is 21.5 Å². The zero-order chi connectivity index (χ0) is 17.8. The van der Waals surface area contributed by atoms with Crippen LogP contribution in [0.4, 0.5) is 5.13 Å². The Balaban J connectivity index is 1.58. The van der Waals surface area contributed by atoms with E-state index in [1.165, 1.54) is 16.2 Å². The summed E-state index contributed by atoms with van der Waals surface area (Å²) < 4.78 is 2.11. The number of thioether (sulfide) groups is 1. The van der Waals surface area contributed by atoms with Crippen molar-refractivity contribution in [1.82, 2.24) is 19.7 Å². The van der Waals surface area contributed by atoms with Gasteiger partial charge >= 0.3 is 0 Å². The van der Waals surface area contributed by atoms with E-state index in [4.69, 9.17) is 0 Å². The highest BCUT2D eigenvalue weighted by Crippen LogP contribution is 2.23. The first-order valence-electron chi connectivity index (χ1n) is 8.64. The van der Waals surface area contributed by atoms with E-state index in [0.29, 0.717) is 17.6 Å². The molecule has 7 nitrogen and oxygen atoms in total. The SMILES string of the molecule is CCSc1nnc([C@H]2CCC[NH+](CC(=O)Nc3nc(C)cs3)C2)n1C. The normalized spacial score (nSPS) is 20.6. The monoisotopic (exact) mass is 381 g/mol. The molecule has 0 radical (unpaired) electrons. The van der Waals surface area contributed by atoms with Crippen LogP contribution in [0.3, 0.4) is 0 Å². The Morgan fingerprint density at radius 1 is 1.52 bits per heavy atom. The molecule has 0 aromatic carbocycles. The van der Waals surface area contributed by atoms with Crippen LogP contribution in [0.1, 0.15) is 37.2 Å². The van der Waals surface area contributed by atoms with Crippen molar-refractivity contribution in [1.29, 1.82) is 0 Å². The molecular formula is C16H25N6OS2+. The fraction of sp³-hybridized carbons (Fsp3) is 0.625. The molecule has 2 aromatic rings. The Labute approximate surface area is 156 Å². The standard InChI is InChI=1S/C16H24N6OS2/c1-4-24-16-20-19-14(21(16)3)12-6-5-7-22(8-12)9-13(23)18-15-17-11(2)10-25-15/h10,12H,4-9H2,1-3H3,(H,17,18,23)/p+1/t12-/m0/s1. The molecule has 1 aliphatic heterocycles. The summed E-state index contributed by atoms with van der Waals surface area (Å²) in [7, 11) is 2.04. The quantitative estimate of drug-likeness (QED) is 0.733. The second kappa shape index (κ2) is 8.29. The number of aromatic nitrogens is 4. The molecule has 1 aliphatic rings. The third-order valence-corrected chi connectivity index (χ3v) is 6.18. The highest BCUT2D eigenvalue weighted by atomic mass is 32.2. The highest BCUT2D eigenvalue weighted by Gasteiger charge is 2.29. The summed E-state index contributed by atoms with van der Waals surface area (Å²) in [4.78, 5) is 17.9. The van der Waals surface area contributed by atoms with Crippen LogP contribution in [0, 0.1) is 6.92 Å². The van der Waals surface area contributed by atoms with E-state index in [0.717, 1.165) is 48.4 Å². The number of quaternary nitrogens is 1. The van der Waals surface area contributed by atoms with Crippen molar-refractivity contribution in [2.24, 2.45) is 7.05 Å². The number of carbonyl (C=O) groups excluding carboxylic acids is 1. The molecular weight excluding hydrogens is 356 g/mol. The third-order valence-electron chi connectivity index (χ3n) is 4.40. The van der Waals surface area contributed by atoms with Gasteiger partial charge in [0.15, 0.2) is 16.8 Å². The van der Waals surface area contributed by atoms with E-state index < -0.39 is 0 Å². The molecule has 2 N–H and O–H groups in total. The maximum atomic E-state index is 12.3. The average molecular weight is 382 g/mol. The Kier molecular flexibility index (Phi) is 6.08. The summed E-state index contributed by atoms with van der Waals surface area (Å²) in [5.41, 5.74) is 0.939. The van der Waals surface area contributed by atoms with Gasteiger partial charge in [0, 0.05) is 12.4 Å². The van der Waals surface area contributed by atoms with Crippen molar-refractivity contribution in [3.8, 4) is 0 Å². The number of likely N-dealkylation sites (tertiary alicyclic amines) is 1. The molecule has 1 saturated heterocycles. The van der Waals surface area contributed by atoms with Crippen molar-refractivity contribution >= 4 is 34.1 Å². The lowest BCUT2D eigenvalue weighted by molar-refractivity contribution is -0.898. The molecule has 1 amide bonds. The number of aryl methyl sites for hydroxylation is 1. The van der Waals surface area contributed by atoms with Crippen molar-refractivity contribution < 1.29 is 9.69 Å². The van der Waals surface area contributed by atoms with Gasteiger partial charge in [0.1, 0.15) is 5.82 Å². The van der Waals surface area contributed by atoms with Gasteiger partial charge < -0.3 is 9.47 Å². The van der Waals surface area contributed by atoms with Crippen LogP contribution in [-0.4, -0.2) is 51.0 Å². The molecule has 25 heavy (non-hydrogen) atoms. The number of anilines is 1. The smallest absolute Gasteiger partial charge is 0.281 e. The zero-order valence-electron chi connectivity index (χ0n) is 14.9. The Morgan fingerprint density at radius 2 is 2.36 bits per heavy atom. The number of piperidine rings is 1. The second-order valence-electron chi connectivity index (χ2n) is 6.40. The van der Waals surface area contributed by atoms with Crippen LogP contribution < -0.4 is 10.2 Å². The van der Waals surface area contributed by atoms with Crippen molar-refractivity contribution in [3.05, 3.63) is 16.9 Å². The molecule has 2 atom stereocenters. The van der Waals surface area contributed by atoms with Crippen LogP contribution in [0.5, 0.6) is 0 Å². The summed E-state index contributed by atoms with van der Waals surface area (Å²) in [6, 6.07) is 0. The van der Waals surface area contributed by atoms with Gasteiger partial charge in [-0.05, 0) is 25.5 Å².